The van der Waals surface area contributed by atoms with Crippen molar-refractivity contribution in [2.24, 2.45) is 0 Å². The average molecular weight is 299 g/mol. The zero-order valence-electron chi connectivity index (χ0n) is 10.9. The van der Waals surface area contributed by atoms with Crippen LogP contribution in [0.4, 0.5) is 18.9 Å². The number of aromatic nitrogens is 3. The Bertz CT molecular complexity index is 639. The number of alkyl halides is 3. The van der Waals surface area contributed by atoms with Crippen molar-refractivity contribution < 1.29 is 18.0 Å². The lowest BCUT2D eigenvalue weighted by Crippen LogP contribution is -2.28. The number of amides is 1. The minimum absolute atomic E-state index is 0.240. The molecule has 1 aromatic carbocycles. The largest absolute Gasteiger partial charge is 0.418 e. The van der Waals surface area contributed by atoms with Crippen LogP contribution in [-0.4, -0.2) is 21.1 Å². The zero-order chi connectivity index (χ0) is 15.6. The number of rotatable bonds is 3. The molecule has 6 nitrogen and oxygen atoms in total. The van der Waals surface area contributed by atoms with Gasteiger partial charge in [-0.2, -0.15) is 18.3 Å². The average Bonchev–Trinajstić information content (AvgIpc) is 2.91. The van der Waals surface area contributed by atoms with Gasteiger partial charge >= 0.3 is 6.18 Å². The molecule has 0 saturated heterocycles. The summed E-state index contributed by atoms with van der Waals surface area (Å²) < 4.78 is 38.2. The molecule has 1 amide bonds. The summed E-state index contributed by atoms with van der Waals surface area (Å²) in [5.41, 5.74) is 3.56. The number of hydrogen-bond acceptors (Lipinski definition) is 4. The number of nitrogen functional groups attached to an aromatic ring is 1. The summed E-state index contributed by atoms with van der Waals surface area (Å²) in [6, 6.07) is 2.64. The van der Waals surface area contributed by atoms with Crippen LogP contribution >= 0.6 is 0 Å². The van der Waals surface area contributed by atoms with E-state index in [0.717, 1.165) is 12.1 Å². The van der Waals surface area contributed by atoms with Crippen LogP contribution in [0.3, 0.4) is 0 Å². The molecule has 9 heteroatoms. The van der Waals surface area contributed by atoms with Crippen molar-refractivity contribution in [3.8, 4) is 0 Å². The molecule has 0 aliphatic carbocycles. The highest BCUT2D eigenvalue weighted by atomic mass is 19.4. The molecule has 0 radical (unpaired) electrons. The summed E-state index contributed by atoms with van der Waals surface area (Å²) >= 11 is 0. The number of nitrogens with zero attached hydrogens (tertiary/aromatic N) is 2. The second-order valence-electron chi connectivity index (χ2n) is 4.33. The van der Waals surface area contributed by atoms with Crippen LogP contribution in [0.1, 0.15) is 34.7 Å². The molecule has 0 spiro atoms. The molecule has 21 heavy (non-hydrogen) atoms. The first-order chi connectivity index (χ1) is 9.80. The molecule has 0 fully saturated rings. The number of anilines is 1. The van der Waals surface area contributed by atoms with E-state index in [2.05, 4.69) is 20.5 Å². The Balaban J connectivity index is 2.24. The quantitative estimate of drug-likeness (QED) is 0.754. The molecule has 1 atom stereocenters. The zero-order valence-corrected chi connectivity index (χ0v) is 10.9. The van der Waals surface area contributed by atoms with Gasteiger partial charge in [0.25, 0.3) is 5.91 Å². The molecule has 112 valence electrons. The van der Waals surface area contributed by atoms with Crippen LogP contribution in [0.25, 0.3) is 0 Å². The number of halogens is 3. The molecule has 0 aliphatic rings. The molecule has 1 aromatic heterocycles. The Hall–Kier alpha value is -2.58. The molecule has 1 unspecified atom stereocenters. The van der Waals surface area contributed by atoms with Crippen LogP contribution in [0.5, 0.6) is 0 Å². The van der Waals surface area contributed by atoms with E-state index in [9.17, 15) is 18.0 Å². The first kappa shape index (κ1) is 14.8. The summed E-state index contributed by atoms with van der Waals surface area (Å²) in [7, 11) is 0. The van der Waals surface area contributed by atoms with Gasteiger partial charge in [0.1, 0.15) is 12.2 Å². The summed E-state index contributed by atoms with van der Waals surface area (Å²) in [5.74, 6) is -0.337. The number of hydrogen-bond donors (Lipinski definition) is 3. The smallest absolute Gasteiger partial charge is 0.398 e. The van der Waals surface area contributed by atoms with E-state index < -0.39 is 29.4 Å². The van der Waals surface area contributed by atoms with Crippen LogP contribution in [0.2, 0.25) is 0 Å². The van der Waals surface area contributed by atoms with Crippen molar-refractivity contribution >= 4 is 11.6 Å². The third kappa shape index (κ3) is 3.12. The van der Waals surface area contributed by atoms with E-state index >= 15 is 0 Å². The Morgan fingerprint density at radius 2 is 2.14 bits per heavy atom. The van der Waals surface area contributed by atoms with Crippen molar-refractivity contribution in [3.63, 3.8) is 0 Å². The number of nitrogens with one attached hydrogen (secondary N) is 2. The molecule has 4 N–H and O–H groups in total. The van der Waals surface area contributed by atoms with Gasteiger partial charge in [-0.3, -0.25) is 9.89 Å². The molecule has 1 heterocycles. The normalized spacial score (nSPS) is 13.0. The Labute approximate surface area is 117 Å². The molecule has 0 bridgehead atoms. The standard InChI is InChI=1S/C12H12F3N5O/c1-6(10-17-5-18-20-10)19-11(21)7-3-2-4-8(9(7)16)12(13,14)15/h2-6H,16H2,1H3,(H,19,21)(H,17,18,20). The number of carbonyl (C=O) groups excluding carboxylic acids is 1. The van der Waals surface area contributed by atoms with E-state index in [-0.39, 0.29) is 5.56 Å². The summed E-state index contributed by atoms with van der Waals surface area (Å²) in [6.07, 6.45) is -3.35. The molecule has 0 aliphatic heterocycles. The van der Waals surface area contributed by atoms with Gasteiger partial charge in [0, 0.05) is 0 Å². The lowest BCUT2D eigenvalue weighted by atomic mass is 10.1. The first-order valence-electron chi connectivity index (χ1n) is 5.92. The highest BCUT2D eigenvalue weighted by Gasteiger charge is 2.34. The minimum Gasteiger partial charge on any atom is -0.398 e. The molecule has 2 aromatic rings. The van der Waals surface area contributed by atoms with Gasteiger partial charge in [-0.05, 0) is 19.1 Å². The predicted molar refractivity (Wildman–Crippen MR) is 68.1 cm³/mol. The van der Waals surface area contributed by atoms with Crippen molar-refractivity contribution in [1.82, 2.24) is 20.5 Å². The van der Waals surface area contributed by atoms with Crippen LogP contribution in [0.15, 0.2) is 24.5 Å². The predicted octanol–water partition coefficient (Wildman–Crippen LogP) is 1.90. The number of nitrogens with two attached hydrogens (primary N) is 1. The second-order valence-corrected chi connectivity index (χ2v) is 4.33. The monoisotopic (exact) mass is 299 g/mol. The summed E-state index contributed by atoms with van der Waals surface area (Å²) in [5, 5.41) is 8.68. The van der Waals surface area contributed by atoms with Crippen molar-refractivity contribution in [3.05, 3.63) is 41.5 Å². The Morgan fingerprint density at radius 1 is 1.43 bits per heavy atom. The van der Waals surface area contributed by atoms with Gasteiger partial charge in [-0.25, -0.2) is 4.98 Å². The molecule has 2 rings (SSSR count). The lowest BCUT2D eigenvalue weighted by molar-refractivity contribution is -0.136. The van der Waals surface area contributed by atoms with Crippen molar-refractivity contribution in [2.45, 2.75) is 19.1 Å². The highest BCUT2D eigenvalue weighted by Crippen LogP contribution is 2.34. The van der Waals surface area contributed by atoms with Gasteiger partial charge in [0.2, 0.25) is 0 Å². The van der Waals surface area contributed by atoms with Crippen molar-refractivity contribution in [1.29, 1.82) is 0 Å². The molecular formula is C12H12F3N5O. The number of H-pyrrole nitrogens is 1. The van der Waals surface area contributed by atoms with Gasteiger partial charge in [-0.15, -0.1) is 0 Å². The lowest BCUT2D eigenvalue weighted by Gasteiger charge is -2.15. The van der Waals surface area contributed by atoms with E-state index in [1.807, 2.05) is 0 Å². The van der Waals surface area contributed by atoms with E-state index in [1.54, 1.807) is 6.92 Å². The maximum absolute atomic E-state index is 12.7. The van der Waals surface area contributed by atoms with Crippen molar-refractivity contribution in [2.75, 3.05) is 5.73 Å². The molecule has 0 saturated carbocycles. The SMILES string of the molecule is CC(NC(=O)c1cccc(C(F)(F)F)c1N)c1ncn[nH]1. The number of aromatic amines is 1. The minimum atomic E-state index is -4.61. The third-order valence-corrected chi connectivity index (χ3v) is 2.85. The van der Waals surface area contributed by atoms with Gasteiger partial charge in [0.15, 0.2) is 0 Å². The maximum Gasteiger partial charge on any atom is 0.418 e. The number of para-hydroxylation sites is 1. The van der Waals surface area contributed by atoms with Gasteiger partial charge in [-0.1, -0.05) is 6.07 Å². The fourth-order valence-corrected chi connectivity index (χ4v) is 1.78. The topological polar surface area (TPSA) is 96.7 Å². The fraction of sp³-hybridized carbons (Fsp3) is 0.250. The number of benzene rings is 1. The van der Waals surface area contributed by atoms with Gasteiger partial charge in [0.05, 0.1) is 22.9 Å². The van der Waals surface area contributed by atoms with Crippen LogP contribution in [0, 0.1) is 0 Å². The second kappa shape index (κ2) is 5.43. The Kier molecular flexibility index (Phi) is 3.83. The van der Waals surface area contributed by atoms with Crippen LogP contribution in [-0.2, 0) is 6.18 Å². The fourth-order valence-electron chi connectivity index (χ4n) is 1.78. The third-order valence-electron chi connectivity index (χ3n) is 2.85. The molecular weight excluding hydrogens is 287 g/mol. The number of carbonyl (C=O) groups is 1. The summed E-state index contributed by atoms with van der Waals surface area (Å²) in [4.78, 5) is 15.9. The first-order valence-corrected chi connectivity index (χ1v) is 5.92. The van der Waals surface area contributed by atoms with E-state index in [1.165, 1.54) is 12.4 Å². The Morgan fingerprint density at radius 3 is 2.71 bits per heavy atom. The van der Waals surface area contributed by atoms with E-state index in [4.69, 9.17) is 5.73 Å². The highest BCUT2D eigenvalue weighted by molar-refractivity contribution is 6.00. The van der Waals surface area contributed by atoms with E-state index in [0.29, 0.717) is 5.82 Å². The van der Waals surface area contributed by atoms with Crippen LogP contribution < -0.4 is 11.1 Å². The maximum atomic E-state index is 12.7. The van der Waals surface area contributed by atoms with Gasteiger partial charge < -0.3 is 11.1 Å². The summed E-state index contributed by atoms with van der Waals surface area (Å²) in [6.45, 7) is 1.61.